The molecule has 0 aliphatic carbocycles. The number of nitrogens with two attached hydrogens (primary N) is 1. The second kappa shape index (κ2) is 8.97. The van der Waals surface area contributed by atoms with Crippen molar-refractivity contribution >= 4 is 5.84 Å². The highest BCUT2D eigenvalue weighted by atomic mass is 16.5. The van der Waals surface area contributed by atoms with Gasteiger partial charge in [-0.15, -0.1) is 0 Å². The summed E-state index contributed by atoms with van der Waals surface area (Å²) in [5.74, 6) is 0.589. The second-order valence-electron chi connectivity index (χ2n) is 3.03. The van der Waals surface area contributed by atoms with Crippen molar-refractivity contribution in [1.82, 2.24) is 0 Å². The van der Waals surface area contributed by atoms with Gasteiger partial charge >= 0.3 is 0 Å². The van der Waals surface area contributed by atoms with E-state index in [2.05, 4.69) is 11.9 Å². The predicted molar refractivity (Wildman–Crippen MR) is 58.7 cm³/mol. The number of rotatable bonds is 8. The van der Waals surface area contributed by atoms with Gasteiger partial charge in [-0.1, -0.05) is 13.3 Å². The summed E-state index contributed by atoms with van der Waals surface area (Å²) in [6.07, 6.45) is 1.95. The van der Waals surface area contributed by atoms with Crippen molar-refractivity contribution in [2.24, 2.45) is 10.7 Å². The zero-order valence-electron chi connectivity index (χ0n) is 9.45. The summed E-state index contributed by atoms with van der Waals surface area (Å²) in [5, 5.41) is 0. The molecule has 0 amide bonds. The molecule has 0 rings (SSSR count). The van der Waals surface area contributed by atoms with E-state index in [1.165, 1.54) is 0 Å². The van der Waals surface area contributed by atoms with E-state index in [4.69, 9.17) is 15.2 Å². The first-order chi connectivity index (χ1) is 6.76. The monoisotopic (exact) mass is 202 g/mol. The van der Waals surface area contributed by atoms with Gasteiger partial charge in [0.2, 0.25) is 0 Å². The van der Waals surface area contributed by atoms with E-state index < -0.39 is 0 Å². The Bertz CT molecular complexity index is 154. The number of ether oxygens (including phenoxy) is 2. The first kappa shape index (κ1) is 13.4. The zero-order valence-corrected chi connectivity index (χ0v) is 9.45. The topological polar surface area (TPSA) is 56.8 Å². The first-order valence-corrected chi connectivity index (χ1v) is 5.16. The van der Waals surface area contributed by atoms with E-state index in [9.17, 15) is 0 Å². The highest BCUT2D eigenvalue weighted by Gasteiger charge is 2.11. The summed E-state index contributed by atoms with van der Waals surface area (Å²) in [6.45, 7) is 5.95. The summed E-state index contributed by atoms with van der Waals surface area (Å²) < 4.78 is 10.4. The Labute approximate surface area is 86.5 Å². The van der Waals surface area contributed by atoms with Crippen molar-refractivity contribution in [3.05, 3.63) is 0 Å². The smallest absolute Gasteiger partial charge is 0.123 e. The van der Waals surface area contributed by atoms with E-state index in [1.54, 1.807) is 7.11 Å². The number of hydrogen-bond donors (Lipinski definition) is 1. The number of aliphatic imine (C=N–C) groups is 1. The van der Waals surface area contributed by atoms with Crippen LogP contribution in [0.25, 0.3) is 0 Å². The van der Waals surface area contributed by atoms with Crippen molar-refractivity contribution in [3.63, 3.8) is 0 Å². The standard InChI is InChI=1S/C10H22N2O2/c1-4-6-9(14-5-2)10(11)12-7-8-13-3/h9H,4-8H2,1-3H3,(H2,11,12). The molecule has 0 aromatic heterocycles. The number of amidine groups is 1. The second-order valence-corrected chi connectivity index (χ2v) is 3.03. The molecule has 0 fully saturated rings. The molecule has 2 N–H and O–H groups in total. The number of methoxy groups -OCH3 is 1. The van der Waals surface area contributed by atoms with Crippen LogP contribution in [0.5, 0.6) is 0 Å². The molecule has 1 atom stereocenters. The average Bonchev–Trinajstić information content (AvgIpc) is 2.18. The van der Waals surface area contributed by atoms with Gasteiger partial charge in [0.1, 0.15) is 11.9 Å². The van der Waals surface area contributed by atoms with E-state index in [1.807, 2.05) is 6.92 Å². The predicted octanol–water partition coefficient (Wildman–Crippen LogP) is 1.20. The Morgan fingerprint density at radius 1 is 1.43 bits per heavy atom. The molecule has 0 radical (unpaired) electrons. The van der Waals surface area contributed by atoms with Crippen molar-refractivity contribution in [2.45, 2.75) is 32.8 Å². The molecule has 0 aliphatic heterocycles. The van der Waals surface area contributed by atoms with Crippen LogP contribution < -0.4 is 5.73 Å². The maximum Gasteiger partial charge on any atom is 0.123 e. The van der Waals surface area contributed by atoms with Crippen LogP contribution in [0.4, 0.5) is 0 Å². The van der Waals surface area contributed by atoms with E-state index >= 15 is 0 Å². The minimum absolute atomic E-state index is 0.0261. The first-order valence-electron chi connectivity index (χ1n) is 5.16. The molecule has 0 spiro atoms. The van der Waals surface area contributed by atoms with Crippen LogP contribution in [0.2, 0.25) is 0 Å². The summed E-state index contributed by atoms with van der Waals surface area (Å²) in [5.41, 5.74) is 5.80. The molecule has 4 heteroatoms. The molecule has 0 heterocycles. The Kier molecular flexibility index (Phi) is 8.57. The van der Waals surface area contributed by atoms with Crippen molar-refractivity contribution < 1.29 is 9.47 Å². The van der Waals surface area contributed by atoms with Gasteiger partial charge in [0, 0.05) is 13.7 Å². The molecule has 14 heavy (non-hydrogen) atoms. The Morgan fingerprint density at radius 3 is 2.64 bits per heavy atom. The fourth-order valence-electron chi connectivity index (χ4n) is 1.15. The lowest BCUT2D eigenvalue weighted by Crippen LogP contribution is -2.32. The fraction of sp³-hybridized carbons (Fsp3) is 0.900. The highest BCUT2D eigenvalue weighted by molar-refractivity contribution is 5.84. The lowest BCUT2D eigenvalue weighted by Gasteiger charge is -2.15. The largest absolute Gasteiger partial charge is 0.385 e. The minimum Gasteiger partial charge on any atom is -0.385 e. The molecular weight excluding hydrogens is 180 g/mol. The molecule has 0 aromatic rings. The van der Waals surface area contributed by atoms with Crippen LogP contribution in [-0.4, -0.2) is 38.8 Å². The highest BCUT2D eigenvalue weighted by Crippen LogP contribution is 2.02. The number of hydrogen-bond acceptors (Lipinski definition) is 3. The maximum atomic E-state index is 5.80. The third-order valence-electron chi connectivity index (χ3n) is 1.84. The molecule has 84 valence electrons. The Balaban J connectivity index is 3.97. The van der Waals surface area contributed by atoms with Crippen molar-refractivity contribution in [3.8, 4) is 0 Å². The van der Waals surface area contributed by atoms with Crippen LogP contribution in [0.1, 0.15) is 26.7 Å². The van der Waals surface area contributed by atoms with E-state index in [0.29, 0.717) is 25.6 Å². The third-order valence-corrected chi connectivity index (χ3v) is 1.84. The van der Waals surface area contributed by atoms with Gasteiger partial charge in [0.25, 0.3) is 0 Å². The van der Waals surface area contributed by atoms with Crippen LogP contribution in [0.3, 0.4) is 0 Å². The SMILES string of the molecule is CCCC(OCC)C(N)=NCCOC. The molecule has 0 aliphatic rings. The fourth-order valence-corrected chi connectivity index (χ4v) is 1.15. The lowest BCUT2D eigenvalue weighted by atomic mass is 10.2. The Hall–Kier alpha value is -0.610. The van der Waals surface area contributed by atoms with Gasteiger partial charge < -0.3 is 15.2 Å². The van der Waals surface area contributed by atoms with Crippen molar-refractivity contribution in [1.29, 1.82) is 0 Å². The lowest BCUT2D eigenvalue weighted by molar-refractivity contribution is 0.102. The van der Waals surface area contributed by atoms with Gasteiger partial charge in [-0.25, -0.2) is 0 Å². The van der Waals surface area contributed by atoms with Gasteiger partial charge in [-0.05, 0) is 13.3 Å². The van der Waals surface area contributed by atoms with Crippen LogP contribution in [0, 0.1) is 0 Å². The van der Waals surface area contributed by atoms with Gasteiger partial charge in [0.05, 0.1) is 13.2 Å². The summed E-state index contributed by atoms with van der Waals surface area (Å²) in [7, 11) is 1.65. The normalized spacial score (nSPS) is 14.4. The molecule has 0 saturated heterocycles. The van der Waals surface area contributed by atoms with Gasteiger partial charge in [-0.2, -0.15) is 0 Å². The zero-order chi connectivity index (χ0) is 10.8. The summed E-state index contributed by atoms with van der Waals surface area (Å²) in [4.78, 5) is 4.20. The van der Waals surface area contributed by atoms with E-state index in [0.717, 1.165) is 12.8 Å². The van der Waals surface area contributed by atoms with E-state index in [-0.39, 0.29) is 6.10 Å². The summed E-state index contributed by atoms with van der Waals surface area (Å²) >= 11 is 0. The van der Waals surface area contributed by atoms with Crippen LogP contribution in [0.15, 0.2) is 4.99 Å². The van der Waals surface area contributed by atoms with Crippen LogP contribution in [-0.2, 0) is 9.47 Å². The van der Waals surface area contributed by atoms with Gasteiger partial charge in [0.15, 0.2) is 0 Å². The molecule has 0 aromatic carbocycles. The molecular formula is C10H22N2O2. The quantitative estimate of drug-likeness (QED) is 0.365. The van der Waals surface area contributed by atoms with Gasteiger partial charge in [-0.3, -0.25) is 4.99 Å². The molecule has 0 bridgehead atoms. The third kappa shape index (κ3) is 5.94. The average molecular weight is 202 g/mol. The van der Waals surface area contributed by atoms with Crippen LogP contribution >= 0.6 is 0 Å². The summed E-state index contributed by atoms with van der Waals surface area (Å²) in [6, 6.07) is 0. The maximum absolute atomic E-state index is 5.80. The Morgan fingerprint density at radius 2 is 2.14 bits per heavy atom. The minimum atomic E-state index is -0.0261. The molecule has 0 saturated carbocycles. The van der Waals surface area contributed by atoms with Crippen molar-refractivity contribution in [2.75, 3.05) is 26.9 Å². The number of nitrogens with zero attached hydrogens (tertiary/aromatic N) is 1. The molecule has 4 nitrogen and oxygen atoms in total. The molecule has 1 unspecified atom stereocenters.